The molecule has 0 radical (unpaired) electrons. The van der Waals surface area contributed by atoms with Crippen molar-refractivity contribution in [2.45, 2.75) is 0 Å². The SMILES string of the molecule is Nc1ccccc1N(OS(=O)[O-])c1ccc(C(=O)c2ccc(F)cc2)c2ccccc12. The zero-order chi connectivity index (χ0) is 22.0. The van der Waals surface area contributed by atoms with Crippen molar-refractivity contribution in [3.05, 3.63) is 102 Å². The molecule has 4 aromatic carbocycles. The molecule has 0 fully saturated rings. The van der Waals surface area contributed by atoms with Crippen LogP contribution in [0.15, 0.2) is 84.9 Å². The number of fused-ring (bicyclic) bond motifs is 1. The lowest BCUT2D eigenvalue weighted by Gasteiger charge is -2.26. The van der Waals surface area contributed by atoms with Gasteiger partial charge in [0.05, 0.1) is 17.1 Å². The molecular weight excluding hydrogens is 419 g/mol. The van der Waals surface area contributed by atoms with Gasteiger partial charge in [0.2, 0.25) is 0 Å². The van der Waals surface area contributed by atoms with E-state index in [4.69, 9.17) is 10.0 Å². The smallest absolute Gasteiger partial charge is 0.193 e. The lowest BCUT2D eigenvalue weighted by molar-refractivity contribution is 0.104. The van der Waals surface area contributed by atoms with E-state index in [1.807, 2.05) is 0 Å². The van der Waals surface area contributed by atoms with Gasteiger partial charge in [0.1, 0.15) is 17.2 Å². The number of benzene rings is 4. The van der Waals surface area contributed by atoms with Crippen LogP contribution in [0.25, 0.3) is 10.8 Å². The van der Waals surface area contributed by atoms with Crippen LogP contribution in [-0.4, -0.2) is 14.5 Å². The summed E-state index contributed by atoms with van der Waals surface area (Å²) in [5.41, 5.74) is 7.78. The lowest BCUT2D eigenvalue weighted by Crippen LogP contribution is -2.20. The number of carbonyl (C=O) groups excluding carboxylic acids is 1. The molecule has 0 saturated carbocycles. The average Bonchev–Trinajstić information content (AvgIpc) is 2.77. The van der Waals surface area contributed by atoms with E-state index in [2.05, 4.69) is 0 Å². The number of hydrogen-bond donors (Lipinski definition) is 1. The van der Waals surface area contributed by atoms with E-state index in [1.54, 1.807) is 60.7 Å². The average molecular weight is 435 g/mol. The van der Waals surface area contributed by atoms with Crippen LogP contribution in [0.4, 0.5) is 21.5 Å². The molecule has 0 aromatic heterocycles. The number of nitrogen functional groups attached to an aromatic ring is 1. The molecule has 0 spiro atoms. The summed E-state index contributed by atoms with van der Waals surface area (Å²) in [5.74, 6) is -0.725. The highest BCUT2D eigenvalue weighted by Crippen LogP contribution is 2.37. The predicted octanol–water partition coefficient (Wildman–Crippen LogP) is 4.66. The van der Waals surface area contributed by atoms with E-state index in [0.717, 1.165) is 5.06 Å². The highest BCUT2D eigenvalue weighted by molar-refractivity contribution is 7.74. The van der Waals surface area contributed by atoms with Crippen LogP contribution in [-0.2, 0) is 15.6 Å². The number of rotatable bonds is 6. The van der Waals surface area contributed by atoms with Gasteiger partial charge in [-0.3, -0.25) is 4.79 Å². The molecule has 1 unspecified atom stereocenters. The number of carbonyl (C=O) groups is 1. The maximum atomic E-state index is 13.3. The first kappa shape index (κ1) is 20.7. The number of para-hydroxylation sites is 2. The Labute approximate surface area is 180 Å². The zero-order valence-electron chi connectivity index (χ0n) is 16.0. The van der Waals surface area contributed by atoms with Gasteiger partial charge < -0.3 is 10.3 Å². The monoisotopic (exact) mass is 435 g/mol. The van der Waals surface area contributed by atoms with E-state index in [-0.39, 0.29) is 5.78 Å². The van der Waals surface area contributed by atoms with E-state index in [1.165, 1.54) is 24.3 Å². The Hall–Kier alpha value is -3.59. The van der Waals surface area contributed by atoms with Crippen molar-refractivity contribution in [3.8, 4) is 0 Å². The molecule has 0 aliphatic rings. The summed E-state index contributed by atoms with van der Waals surface area (Å²) in [6.07, 6.45) is 0. The summed E-state index contributed by atoms with van der Waals surface area (Å²) in [4.78, 5) is 13.1. The van der Waals surface area contributed by atoms with Gasteiger partial charge in [0.25, 0.3) is 0 Å². The van der Waals surface area contributed by atoms with Gasteiger partial charge in [-0.1, -0.05) is 36.4 Å². The Kier molecular flexibility index (Phi) is 5.77. The maximum Gasteiger partial charge on any atom is 0.193 e. The summed E-state index contributed by atoms with van der Waals surface area (Å²) in [6, 6.07) is 22.1. The van der Waals surface area contributed by atoms with Crippen molar-refractivity contribution < 1.29 is 22.2 Å². The minimum absolute atomic E-state index is 0.290. The fourth-order valence-electron chi connectivity index (χ4n) is 3.36. The minimum atomic E-state index is -2.88. The predicted molar refractivity (Wildman–Crippen MR) is 117 cm³/mol. The van der Waals surface area contributed by atoms with Gasteiger partial charge in [0.15, 0.2) is 5.78 Å². The van der Waals surface area contributed by atoms with Crippen LogP contribution >= 0.6 is 0 Å². The van der Waals surface area contributed by atoms with Crippen molar-refractivity contribution in [1.29, 1.82) is 0 Å². The molecule has 0 amide bonds. The van der Waals surface area contributed by atoms with Gasteiger partial charge in [0, 0.05) is 16.5 Å². The third kappa shape index (κ3) is 4.17. The van der Waals surface area contributed by atoms with Crippen molar-refractivity contribution in [2.24, 2.45) is 0 Å². The summed E-state index contributed by atoms with van der Waals surface area (Å²) < 4.78 is 41.1. The number of ketones is 1. The van der Waals surface area contributed by atoms with E-state index >= 15 is 0 Å². The fraction of sp³-hybridized carbons (Fsp3) is 0. The van der Waals surface area contributed by atoms with E-state index < -0.39 is 17.2 Å². The summed E-state index contributed by atoms with van der Waals surface area (Å²) in [7, 11) is 0. The second-order valence-corrected chi connectivity index (χ2v) is 7.20. The molecule has 8 heteroatoms. The first-order chi connectivity index (χ1) is 15.0. The van der Waals surface area contributed by atoms with E-state index in [9.17, 15) is 17.9 Å². The number of halogens is 1. The number of hydrogen-bond acceptors (Lipinski definition) is 6. The minimum Gasteiger partial charge on any atom is -0.748 e. The zero-order valence-corrected chi connectivity index (χ0v) is 16.8. The molecule has 0 aliphatic heterocycles. The summed E-state index contributed by atoms with van der Waals surface area (Å²) in [6.45, 7) is 0. The highest BCUT2D eigenvalue weighted by atomic mass is 32.2. The first-order valence-electron chi connectivity index (χ1n) is 9.20. The van der Waals surface area contributed by atoms with E-state index in [0.29, 0.717) is 39.0 Å². The number of nitrogens with zero attached hydrogens (tertiary/aromatic N) is 1. The Balaban J connectivity index is 1.89. The second kappa shape index (κ2) is 8.65. The molecule has 4 aromatic rings. The van der Waals surface area contributed by atoms with Gasteiger partial charge in [-0.15, -0.1) is 0 Å². The Morgan fingerprint density at radius 3 is 2.19 bits per heavy atom. The van der Waals surface area contributed by atoms with Crippen molar-refractivity contribution in [3.63, 3.8) is 0 Å². The lowest BCUT2D eigenvalue weighted by atomic mass is 9.96. The standard InChI is InChI=1S/C23H17FN2O4S/c24-16-11-9-15(10-12-16)23(27)19-13-14-21(18-6-2-1-5-17(18)19)26(30-31(28)29)22-8-4-3-7-20(22)25/h1-14H,25H2,(H,28,29)/p-1. The van der Waals surface area contributed by atoms with Crippen LogP contribution in [0.3, 0.4) is 0 Å². The fourth-order valence-corrected chi connectivity index (χ4v) is 3.64. The molecule has 0 bridgehead atoms. The Bertz CT molecular complexity index is 1290. The van der Waals surface area contributed by atoms with Gasteiger partial charge in [-0.25, -0.2) is 13.7 Å². The molecule has 1 atom stereocenters. The molecule has 156 valence electrons. The molecule has 0 heterocycles. The molecule has 6 nitrogen and oxygen atoms in total. The van der Waals surface area contributed by atoms with Crippen molar-refractivity contribution in [2.75, 3.05) is 10.8 Å². The normalized spacial score (nSPS) is 11.9. The molecule has 0 aliphatic carbocycles. The summed E-state index contributed by atoms with van der Waals surface area (Å²) >= 11 is -2.88. The maximum absolute atomic E-state index is 13.3. The van der Waals surface area contributed by atoms with Gasteiger partial charge in [-0.05, 0) is 53.9 Å². The number of nitrogens with two attached hydrogens (primary N) is 1. The number of anilines is 3. The second-order valence-electron chi connectivity index (χ2n) is 6.65. The molecule has 0 saturated heterocycles. The van der Waals surface area contributed by atoms with Gasteiger partial charge >= 0.3 is 0 Å². The molecular formula is C23H16FN2O4S-. The Morgan fingerprint density at radius 2 is 1.52 bits per heavy atom. The van der Waals surface area contributed by atoms with Gasteiger partial charge in [-0.2, -0.15) is 4.28 Å². The molecule has 31 heavy (non-hydrogen) atoms. The largest absolute Gasteiger partial charge is 0.748 e. The van der Waals surface area contributed by atoms with Crippen molar-refractivity contribution >= 4 is 45.0 Å². The Morgan fingerprint density at radius 1 is 0.871 bits per heavy atom. The van der Waals surface area contributed by atoms with Crippen molar-refractivity contribution in [1.82, 2.24) is 0 Å². The topological polar surface area (TPSA) is 95.7 Å². The summed E-state index contributed by atoms with van der Waals surface area (Å²) in [5, 5.41) is 2.26. The highest BCUT2D eigenvalue weighted by Gasteiger charge is 2.20. The van der Waals surface area contributed by atoms with Crippen LogP contribution in [0.2, 0.25) is 0 Å². The third-order valence-corrected chi connectivity index (χ3v) is 5.03. The molecule has 4 rings (SSSR count). The van der Waals surface area contributed by atoms with Crippen LogP contribution < -0.4 is 10.8 Å². The van der Waals surface area contributed by atoms with Crippen LogP contribution in [0.5, 0.6) is 0 Å². The first-order valence-corrected chi connectivity index (χ1v) is 10.2. The third-order valence-electron chi connectivity index (χ3n) is 4.76. The quantitative estimate of drug-likeness (QED) is 0.205. The van der Waals surface area contributed by atoms with Crippen LogP contribution in [0, 0.1) is 5.82 Å². The van der Waals surface area contributed by atoms with Crippen LogP contribution in [0.1, 0.15) is 15.9 Å². The molecule has 2 N–H and O–H groups in total.